The molecule has 0 saturated heterocycles. The first-order chi connectivity index (χ1) is 13.1. The van der Waals surface area contributed by atoms with Gasteiger partial charge in [0.05, 0.1) is 31.7 Å². The second kappa shape index (κ2) is 10.4. The van der Waals surface area contributed by atoms with Gasteiger partial charge in [-0.25, -0.2) is 0 Å². The van der Waals surface area contributed by atoms with Crippen LogP contribution in [0.25, 0.3) is 0 Å². The van der Waals surface area contributed by atoms with Crippen LogP contribution >= 0.6 is 0 Å². The van der Waals surface area contributed by atoms with E-state index in [-0.39, 0.29) is 5.91 Å². The van der Waals surface area contributed by atoms with Gasteiger partial charge in [-0.05, 0) is 36.6 Å². The highest BCUT2D eigenvalue weighted by atomic mass is 16.5. The average molecular weight is 371 g/mol. The molecule has 0 aliphatic carbocycles. The molecule has 1 aromatic carbocycles. The Labute approximate surface area is 161 Å². The number of hydrogen-bond acceptors (Lipinski definition) is 5. The van der Waals surface area contributed by atoms with Gasteiger partial charge in [-0.2, -0.15) is 0 Å². The highest BCUT2D eigenvalue weighted by Crippen LogP contribution is 2.27. The molecule has 0 radical (unpaired) electrons. The molecule has 0 aliphatic rings. The van der Waals surface area contributed by atoms with E-state index in [9.17, 15) is 4.79 Å². The Balaban J connectivity index is 1.92. The zero-order valence-electron chi connectivity index (χ0n) is 16.6. The monoisotopic (exact) mass is 371 g/mol. The molecule has 2 aromatic rings. The van der Waals surface area contributed by atoms with E-state index in [4.69, 9.17) is 9.47 Å². The molecular formula is C21H29N3O3. The van der Waals surface area contributed by atoms with E-state index in [0.29, 0.717) is 30.0 Å². The summed E-state index contributed by atoms with van der Waals surface area (Å²) in [7, 11) is 5.24. The Morgan fingerprint density at radius 3 is 2.63 bits per heavy atom. The number of hydrogen-bond donors (Lipinski definition) is 1. The zero-order valence-corrected chi connectivity index (χ0v) is 16.6. The number of amides is 1. The van der Waals surface area contributed by atoms with Crippen molar-refractivity contribution >= 4 is 11.6 Å². The van der Waals surface area contributed by atoms with E-state index >= 15 is 0 Å². The molecule has 0 bridgehead atoms. The molecule has 146 valence electrons. The summed E-state index contributed by atoms with van der Waals surface area (Å²) in [6.07, 6.45) is 6.33. The van der Waals surface area contributed by atoms with Gasteiger partial charge in [-0.1, -0.05) is 19.4 Å². The van der Waals surface area contributed by atoms with E-state index in [1.165, 1.54) is 0 Å². The van der Waals surface area contributed by atoms with Crippen LogP contribution in [0.4, 0.5) is 5.69 Å². The molecule has 6 nitrogen and oxygen atoms in total. The van der Waals surface area contributed by atoms with Crippen molar-refractivity contribution in [3.63, 3.8) is 0 Å². The summed E-state index contributed by atoms with van der Waals surface area (Å²) in [4.78, 5) is 18.8. The first kappa shape index (κ1) is 20.6. The predicted octanol–water partition coefficient (Wildman–Crippen LogP) is 3.31. The molecule has 0 atom stereocenters. The number of ether oxygens (including phenoxy) is 2. The number of carbonyl (C=O) groups excluding carboxylic acids is 1. The standard InChI is InChI=1S/C21H29N3O3/c1-5-6-11-24(2)18-13-17(14-22-15-18)21(25)23-10-9-16-7-8-19(26-3)20(12-16)27-4/h7-8,12-15H,5-6,9-11H2,1-4H3,(H,23,25). The Bertz CT molecular complexity index is 749. The molecular weight excluding hydrogens is 342 g/mol. The molecule has 0 unspecified atom stereocenters. The predicted molar refractivity (Wildman–Crippen MR) is 108 cm³/mol. The fraction of sp³-hybridized carbons (Fsp3) is 0.429. The lowest BCUT2D eigenvalue weighted by Crippen LogP contribution is -2.26. The smallest absolute Gasteiger partial charge is 0.252 e. The number of aromatic nitrogens is 1. The van der Waals surface area contributed by atoms with Crippen molar-refractivity contribution in [2.24, 2.45) is 0 Å². The molecule has 0 spiro atoms. The SMILES string of the molecule is CCCCN(C)c1cncc(C(=O)NCCc2ccc(OC)c(OC)c2)c1. The second-order valence-electron chi connectivity index (χ2n) is 6.40. The lowest BCUT2D eigenvalue weighted by atomic mass is 10.1. The van der Waals surface area contributed by atoms with Gasteiger partial charge < -0.3 is 19.7 Å². The third-order valence-corrected chi connectivity index (χ3v) is 4.42. The molecule has 1 aromatic heterocycles. The van der Waals surface area contributed by atoms with E-state index in [2.05, 4.69) is 22.1 Å². The minimum absolute atomic E-state index is 0.117. The van der Waals surface area contributed by atoms with Crippen molar-refractivity contribution in [3.8, 4) is 11.5 Å². The van der Waals surface area contributed by atoms with Crippen molar-refractivity contribution in [1.29, 1.82) is 0 Å². The van der Waals surface area contributed by atoms with Crippen LogP contribution in [-0.2, 0) is 6.42 Å². The van der Waals surface area contributed by atoms with Gasteiger partial charge in [-0.3, -0.25) is 9.78 Å². The van der Waals surface area contributed by atoms with Crippen molar-refractivity contribution in [2.45, 2.75) is 26.2 Å². The summed E-state index contributed by atoms with van der Waals surface area (Å²) in [5.41, 5.74) is 2.60. The van der Waals surface area contributed by atoms with Gasteiger partial charge in [0.15, 0.2) is 11.5 Å². The van der Waals surface area contributed by atoms with Crippen LogP contribution in [0.5, 0.6) is 11.5 Å². The topological polar surface area (TPSA) is 63.7 Å². The normalized spacial score (nSPS) is 10.4. The van der Waals surface area contributed by atoms with Gasteiger partial charge in [0.25, 0.3) is 5.91 Å². The third-order valence-electron chi connectivity index (χ3n) is 4.42. The quantitative estimate of drug-likeness (QED) is 0.694. The van der Waals surface area contributed by atoms with Crippen LogP contribution in [-0.4, -0.2) is 45.2 Å². The number of nitrogens with one attached hydrogen (secondary N) is 1. The minimum Gasteiger partial charge on any atom is -0.493 e. The zero-order chi connectivity index (χ0) is 19.6. The summed E-state index contributed by atoms with van der Waals surface area (Å²) in [5.74, 6) is 1.27. The number of nitrogens with zero attached hydrogens (tertiary/aromatic N) is 2. The number of anilines is 1. The van der Waals surface area contributed by atoms with Gasteiger partial charge in [-0.15, -0.1) is 0 Å². The Hall–Kier alpha value is -2.76. The highest BCUT2D eigenvalue weighted by molar-refractivity contribution is 5.94. The first-order valence-corrected chi connectivity index (χ1v) is 9.24. The maximum atomic E-state index is 12.4. The average Bonchev–Trinajstić information content (AvgIpc) is 2.71. The number of benzene rings is 1. The number of unbranched alkanes of at least 4 members (excludes halogenated alkanes) is 1. The van der Waals surface area contributed by atoms with Crippen LogP contribution < -0.4 is 19.7 Å². The summed E-state index contributed by atoms with van der Waals surface area (Å²) in [6, 6.07) is 7.65. The molecule has 1 N–H and O–H groups in total. The van der Waals surface area contributed by atoms with Crippen LogP contribution in [0.15, 0.2) is 36.7 Å². The van der Waals surface area contributed by atoms with Gasteiger partial charge in [0.2, 0.25) is 0 Å². The fourth-order valence-corrected chi connectivity index (χ4v) is 2.74. The van der Waals surface area contributed by atoms with E-state index < -0.39 is 0 Å². The lowest BCUT2D eigenvalue weighted by Gasteiger charge is -2.19. The van der Waals surface area contributed by atoms with Crippen molar-refractivity contribution in [2.75, 3.05) is 39.3 Å². The Kier molecular flexibility index (Phi) is 7.92. The lowest BCUT2D eigenvalue weighted by molar-refractivity contribution is 0.0954. The summed E-state index contributed by atoms with van der Waals surface area (Å²) in [5, 5.41) is 2.95. The second-order valence-corrected chi connectivity index (χ2v) is 6.40. The maximum absolute atomic E-state index is 12.4. The molecule has 0 aliphatic heterocycles. The minimum atomic E-state index is -0.117. The molecule has 0 fully saturated rings. The van der Waals surface area contributed by atoms with E-state index in [1.807, 2.05) is 31.3 Å². The number of pyridine rings is 1. The van der Waals surface area contributed by atoms with E-state index in [1.54, 1.807) is 26.6 Å². The number of rotatable bonds is 10. The Morgan fingerprint density at radius 2 is 1.93 bits per heavy atom. The molecule has 27 heavy (non-hydrogen) atoms. The van der Waals surface area contributed by atoms with Crippen LogP contribution in [0.2, 0.25) is 0 Å². The van der Waals surface area contributed by atoms with Gasteiger partial charge in [0.1, 0.15) is 0 Å². The maximum Gasteiger partial charge on any atom is 0.252 e. The summed E-state index contributed by atoms with van der Waals surface area (Å²) >= 11 is 0. The molecule has 6 heteroatoms. The van der Waals surface area contributed by atoms with Gasteiger partial charge in [0, 0.05) is 26.3 Å². The van der Waals surface area contributed by atoms with Gasteiger partial charge >= 0.3 is 0 Å². The largest absolute Gasteiger partial charge is 0.493 e. The molecule has 2 rings (SSSR count). The third kappa shape index (κ3) is 5.88. The number of methoxy groups -OCH3 is 2. The van der Waals surface area contributed by atoms with Crippen LogP contribution in [0.1, 0.15) is 35.7 Å². The summed E-state index contributed by atoms with van der Waals surface area (Å²) < 4.78 is 10.6. The van der Waals surface area contributed by atoms with Crippen molar-refractivity contribution < 1.29 is 14.3 Å². The number of carbonyl (C=O) groups is 1. The van der Waals surface area contributed by atoms with E-state index in [0.717, 1.165) is 30.6 Å². The molecule has 1 amide bonds. The van der Waals surface area contributed by atoms with Crippen molar-refractivity contribution in [3.05, 3.63) is 47.8 Å². The van der Waals surface area contributed by atoms with Crippen LogP contribution in [0, 0.1) is 0 Å². The first-order valence-electron chi connectivity index (χ1n) is 9.24. The van der Waals surface area contributed by atoms with Crippen LogP contribution in [0.3, 0.4) is 0 Å². The summed E-state index contributed by atoms with van der Waals surface area (Å²) in [6.45, 7) is 3.64. The highest BCUT2D eigenvalue weighted by Gasteiger charge is 2.09. The molecule has 1 heterocycles. The Morgan fingerprint density at radius 1 is 1.15 bits per heavy atom. The molecule has 0 saturated carbocycles. The van der Waals surface area contributed by atoms with Crippen molar-refractivity contribution in [1.82, 2.24) is 10.3 Å². The fourth-order valence-electron chi connectivity index (χ4n) is 2.74.